The van der Waals surface area contributed by atoms with Gasteiger partial charge in [-0.1, -0.05) is 24.3 Å². The molecule has 22 heavy (non-hydrogen) atoms. The van der Waals surface area contributed by atoms with Crippen LogP contribution in [0.4, 0.5) is 0 Å². The molecule has 0 aromatic heterocycles. The number of hydrogen-bond acceptors (Lipinski definition) is 5. The smallest absolute Gasteiger partial charge is 0.264 e. The summed E-state index contributed by atoms with van der Waals surface area (Å²) < 4.78 is 37.7. The zero-order chi connectivity index (χ0) is 15.8. The molecule has 1 aromatic rings. The van der Waals surface area contributed by atoms with Crippen LogP contribution in [0, 0.1) is 0 Å². The van der Waals surface area contributed by atoms with E-state index in [-0.39, 0.29) is 12.9 Å². The molecule has 0 amide bonds. The molecule has 1 atom stereocenters. The monoisotopic (exact) mass is 328 g/mol. The predicted octanol–water partition coefficient (Wildman–Crippen LogP) is 2.29. The molecule has 0 saturated carbocycles. The number of ether oxygens (including phenoxy) is 2. The van der Waals surface area contributed by atoms with Gasteiger partial charge in [0.2, 0.25) is 0 Å². The Morgan fingerprint density at radius 3 is 2.27 bits per heavy atom. The fourth-order valence-corrected chi connectivity index (χ4v) is 2.72. The third-order valence-corrected chi connectivity index (χ3v) is 4.14. The zero-order valence-electron chi connectivity index (χ0n) is 13.0. The molecular weight excluding hydrogens is 304 g/mol. The van der Waals surface area contributed by atoms with Crippen molar-refractivity contribution >= 4 is 10.1 Å². The third-order valence-electron chi connectivity index (χ3n) is 3.54. The van der Waals surface area contributed by atoms with Crippen LogP contribution < -0.4 is 0 Å². The summed E-state index contributed by atoms with van der Waals surface area (Å²) in [6.07, 6.45) is 5.74. The quantitative estimate of drug-likeness (QED) is 0.685. The van der Waals surface area contributed by atoms with Crippen molar-refractivity contribution < 1.29 is 22.1 Å². The highest BCUT2D eigenvalue weighted by Crippen LogP contribution is 2.14. The molecular formula is C16H24O5S. The second-order valence-electron chi connectivity index (χ2n) is 5.51. The van der Waals surface area contributed by atoms with E-state index < -0.39 is 10.1 Å². The highest BCUT2D eigenvalue weighted by molar-refractivity contribution is 7.85. The Bertz CT molecular complexity index is 532. The summed E-state index contributed by atoms with van der Waals surface area (Å²) >= 11 is 0. The largest absolute Gasteiger partial charge is 0.353 e. The van der Waals surface area contributed by atoms with Crippen molar-refractivity contribution in [3.05, 3.63) is 35.4 Å². The fourth-order valence-electron chi connectivity index (χ4n) is 2.33. The molecule has 1 saturated heterocycles. The molecule has 124 valence electrons. The molecule has 1 fully saturated rings. The lowest BCUT2D eigenvalue weighted by Crippen LogP contribution is -2.23. The molecule has 0 radical (unpaired) electrons. The lowest BCUT2D eigenvalue weighted by molar-refractivity contribution is -0.161. The Labute approximate surface area is 132 Å². The van der Waals surface area contributed by atoms with Crippen molar-refractivity contribution in [1.29, 1.82) is 0 Å². The zero-order valence-corrected chi connectivity index (χ0v) is 13.8. The summed E-state index contributed by atoms with van der Waals surface area (Å²) in [4.78, 5) is 0. The standard InChI is InChI=1S/C16H24O5S/c1-22(17,18)21-13-10-15-7-5-14(6-8-15)9-12-20-16-4-2-3-11-19-16/h5-8,16H,2-4,9-13H2,1H3. The maximum absolute atomic E-state index is 10.9. The second-order valence-corrected chi connectivity index (χ2v) is 7.15. The molecule has 0 aliphatic carbocycles. The normalized spacial score (nSPS) is 19.2. The first-order chi connectivity index (χ1) is 10.5. The van der Waals surface area contributed by atoms with Gasteiger partial charge >= 0.3 is 0 Å². The maximum atomic E-state index is 10.9. The van der Waals surface area contributed by atoms with Crippen molar-refractivity contribution in [2.24, 2.45) is 0 Å². The van der Waals surface area contributed by atoms with E-state index in [0.717, 1.165) is 37.7 Å². The van der Waals surface area contributed by atoms with Crippen LogP contribution in [-0.4, -0.2) is 40.8 Å². The van der Waals surface area contributed by atoms with E-state index in [1.165, 1.54) is 12.0 Å². The van der Waals surface area contributed by atoms with Crippen molar-refractivity contribution in [3.8, 4) is 0 Å². The molecule has 6 heteroatoms. The van der Waals surface area contributed by atoms with Gasteiger partial charge in [-0.15, -0.1) is 0 Å². The van der Waals surface area contributed by atoms with Gasteiger partial charge in [0.15, 0.2) is 6.29 Å². The predicted molar refractivity (Wildman–Crippen MR) is 84.2 cm³/mol. The first-order valence-corrected chi connectivity index (χ1v) is 9.50. The lowest BCUT2D eigenvalue weighted by Gasteiger charge is -2.22. The first-order valence-electron chi connectivity index (χ1n) is 7.68. The molecule has 1 unspecified atom stereocenters. The minimum Gasteiger partial charge on any atom is -0.353 e. The Morgan fingerprint density at radius 2 is 1.73 bits per heavy atom. The highest BCUT2D eigenvalue weighted by atomic mass is 32.2. The van der Waals surface area contributed by atoms with E-state index in [2.05, 4.69) is 0 Å². The van der Waals surface area contributed by atoms with Crippen molar-refractivity contribution in [2.75, 3.05) is 26.1 Å². The van der Waals surface area contributed by atoms with Gasteiger partial charge in [0.1, 0.15) is 0 Å². The highest BCUT2D eigenvalue weighted by Gasteiger charge is 2.13. The van der Waals surface area contributed by atoms with Gasteiger partial charge in [-0.3, -0.25) is 4.18 Å². The van der Waals surface area contributed by atoms with Gasteiger partial charge in [0, 0.05) is 6.61 Å². The minimum atomic E-state index is -3.35. The molecule has 2 rings (SSSR count). The SMILES string of the molecule is CS(=O)(=O)OCCc1ccc(CCOC2CCCCO2)cc1. The van der Waals surface area contributed by atoms with Crippen molar-refractivity contribution in [3.63, 3.8) is 0 Å². The van der Waals surface area contributed by atoms with Crippen LogP contribution >= 0.6 is 0 Å². The molecule has 0 N–H and O–H groups in total. The maximum Gasteiger partial charge on any atom is 0.264 e. The van der Waals surface area contributed by atoms with Crippen molar-refractivity contribution in [1.82, 2.24) is 0 Å². The van der Waals surface area contributed by atoms with Gasteiger partial charge in [-0.05, 0) is 43.2 Å². The lowest BCUT2D eigenvalue weighted by atomic mass is 10.1. The Morgan fingerprint density at radius 1 is 1.09 bits per heavy atom. The molecule has 1 aliphatic rings. The van der Waals surface area contributed by atoms with Gasteiger partial charge in [0.25, 0.3) is 10.1 Å². The van der Waals surface area contributed by atoms with Crippen LogP contribution in [-0.2, 0) is 36.6 Å². The second kappa shape index (κ2) is 8.62. The van der Waals surface area contributed by atoms with E-state index >= 15 is 0 Å². The average molecular weight is 328 g/mol. The Balaban J connectivity index is 1.67. The first kappa shape index (κ1) is 17.4. The average Bonchev–Trinajstić information content (AvgIpc) is 2.49. The molecule has 1 aromatic carbocycles. The number of rotatable bonds is 8. The Hall–Kier alpha value is -0.950. The minimum absolute atomic E-state index is 0.0406. The summed E-state index contributed by atoms with van der Waals surface area (Å²) in [5, 5.41) is 0. The van der Waals surface area contributed by atoms with E-state index in [9.17, 15) is 8.42 Å². The third kappa shape index (κ3) is 6.87. The van der Waals surface area contributed by atoms with E-state index in [1.807, 2.05) is 24.3 Å². The number of benzene rings is 1. The van der Waals surface area contributed by atoms with Gasteiger partial charge in [-0.2, -0.15) is 8.42 Å². The fraction of sp³-hybridized carbons (Fsp3) is 0.625. The van der Waals surface area contributed by atoms with E-state index in [1.54, 1.807) is 0 Å². The van der Waals surface area contributed by atoms with Gasteiger partial charge < -0.3 is 9.47 Å². The Kier molecular flexibility index (Phi) is 6.82. The molecule has 0 bridgehead atoms. The summed E-state index contributed by atoms with van der Waals surface area (Å²) in [5.41, 5.74) is 2.26. The van der Waals surface area contributed by atoms with Crippen LogP contribution in [0.25, 0.3) is 0 Å². The van der Waals surface area contributed by atoms with Crippen molar-refractivity contribution in [2.45, 2.75) is 38.4 Å². The topological polar surface area (TPSA) is 61.8 Å². The van der Waals surface area contributed by atoms with Crippen LogP contribution in [0.3, 0.4) is 0 Å². The molecule has 5 nitrogen and oxygen atoms in total. The van der Waals surface area contributed by atoms with E-state index in [4.69, 9.17) is 13.7 Å². The molecule has 1 heterocycles. The van der Waals surface area contributed by atoms with Crippen LogP contribution in [0.2, 0.25) is 0 Å². The number of hydrogen-bond donors (Lipinski definition) is 0. The summed E-state index contributed by atoms with van der Waals surface area (Å²) in [6.45, 7) is 1.64. The van der Waals surface area contributed by atoms with E-state index in [0.29, 0.717) is 13.0 Å². The van der Waals surface area contributed by atoms with Gasteiger partial charge in [0.05, 0.1) is 19.5 Å². The molecule has 0 spiro atoms. The molecule has 1 aliphatic heterocycles. The van der Waals surface area contributed by atoms with Crippen LogP contribution in [0.15, 0.2) is 24.3 Å². The van der Waals surface area contributed by atoms with Crippen LogP contribution in [0.5, 0.6) is 0 Å². The van der Waals surface area contributed by atoms with Gasteiger partial charge in [-0.25, -0.2) is 0 Å². The summed E-state index contributed by atoms with van der Waals surface area (Å²) in [5.74, 6) is 0. The van der Waals surface area contributed by atoms with Crippen LogP contribution in [0.1, 0.15) is 30.4 Å². The summed E-state index contributed by atoms with van der Waals surface area (Å²) in [6, 6.07) is 8.08. The summed E-state index contributed by atoms with van der Waals surface area (Å²) in [7, 11) is -3.35.